The van der Waals surface area contributed by atoms with Crippen LogP contribution < -0.4 is 15.6 Å². The second kappa shape index (κ2) is 9.25. The zero-order valence-corrected chi connectivity index (χ0v) is 16.0. The van der Waals surface area contributed by atoms with Gasteiger partial charge in [0.15, 0.2) is 0 Å². The van der Waals surface area contributed by atoms with Gasteiger partial charge in [-0.05, 0) is 42.7 Å². The standard InChI is InChI=1S/C22H25N3O3/c1-27-21(26)22(16-23,18-9-5-6-10-18)25-24-19-11-13-20(14-12-19)28-15-17-7-3-2-4-8-17/h2-4,7-8,11-14,18,24-25H,5-6,9-10,15H2,1H3. The lowest BCUT2D eigenvalue weighted by Gasteiger charge is -2.31. The minimum Gasteiger partial charge on any atom is -0.489 e. The molecule has 146 valence electrons. The van der Waals surface area contributed by atoms with Crippen molar-refractivity contribution in [1.82, 2.24) is 5.43 Å². The second-order valence-corrected chi connectivity index (χ2v) is 6.94. The zero-order valence-electron chi connectivity index (χ0n) is 16.0. The summed E-state index contributed by atoms with van der Waals surface area (Å²) >= 11 is 0. The molecule has 1 aliphatic rings. The first kappa shape index (κ1) is 19.7. The van der Waals surface area contributed by atoms with Crippen LogP contribution in [0.4, 0.5) is 5.69 Å². The number of benzene rings is 2. The summed E-state index contributed by atoms with van der Waals surface area (Å²) in [5, 5.41) is 9.77. The Morgan fingerprint density at radius 2 is 1.82 bits per heavy atom. The van der Waals surface area contributed by atoms with Crippen LogP contribution in [0.2, 0.25) is 0 Å². The Balaban J connectivity index is 1.62. The smallest absolute Gasteiger partial charge is 0.342 e. The summed E-state index contributed by atoms with van der Waals surface area (Å²) in [6, 6.07) is 19.5. The summed E-state index contributed by atoms with van der Waals surface area (Å²) in [7, 11) is 1.31. The Hall–Kier alpha value is -3.04. The molecule has 0 bridgehead atoms. The van der Waals surface area contributed by atoms with E-state index < -0.39 is 11.5 Å². The molecular weight excluding hydrogens is 354 g/mol. The third-order valence-corrected chi connectivity index (χ3v) is 5.16. The lowest BCUT2D eigenvalue weighted by molar-refractivity contribution is -0.148. The maximum atomic E-state index is 12.4. The molecule has 2 N–H and O–H groups in total. The number of nitriles is 1. The second-order valence-electron chi connectivity index (χ2n) is 6.94. The van der Waals surface area contributed by atoms with Crippen molar-refractivity contribution in [2.24, 2.45) is 5.92 Å². The predicted molar refractivity (Wildman–Crippen MR) is 106 cm³/mol. The lowest BCUT2D eigenvalue weighted by Crippen LogP contribution is -2.58. The van der Waals surface area contributed by atoms with Gasteiger partial charge in [0.25, 0.3) is 0 Å². The van der Waals surface area contributed by atoms with Gasteiger partial charge in [-0.2, -0.15) is 5.26 Å². The predicted octanol–water partition coefficient (Wildman–Crippen LogP) is 3.81. The van der Waals surface area contributed by atoms with E-state index in [4.69, 9.17) is 9.47 Å². The van der Waals surface area contributed by atoms with E-state index in [9.17, 15) is 10.1 Å². The minimum absolute atomic E-state index is 0.0778. The zero-order chi connectivity index (χ0) is 19.8. The highest BCUT2D eigenvalue weighted by Crippen LogP contribution is 2.35. The number of ether oxygens (including phenoxy) is 2. The summed E-state index contributed by atoms with van der Waals surface area (Å²) in [5.74, 6) is 0.104. The number of esters is 1. The molecule has 0 amide bonds. The Kier molecular flexibility index (Phi) is 6.51. The number of hydrogen-bond acceptors (Lipinski definition) is 6. The number of hydrogen-bond donors (Lipinski definition) is 2. The first-order valence-corrected chi connectivity index (χ1v) is 9.47. The van der Waals surface area contributed by atoms with E-state index in [-0.39, 0.29) is 5.92 Å². The SMILES string of the molecule is COC(=O)C(C#N)(NNc1ccc(OCc2ccccc2)cc1)C1CCCC1. The number of nitrogens with zero attached hydrogens (tertiary/aromatic N) is 1. The summed E-state index contributed by atoms with van der Waals surface area (Å²) in [6.45, 7) is 0.493. The van der Waals surface area contributed by atoms with Crippen LogP contribution in [0.1, 0.15) is 31.2 Å². The van der Waals surface area contributed by atoms with E-state index in [1.165, 1.54) is 7.11 Å². The third kappa shape index (κ3) is 4.44. The third-order valence-electron chi connectivity index (χ3n) is 5.16. The van der Waals surface area contributed by atoms with Crippen molar-refractivity contribution in [2.75, 3.05) is 12.5 Å². The number of anilines is 1. The molecule has 2 aromatic rings. The number of rotatable bonds is 8. The van der Waals surface area contributed by atoms with Crippen LogP contribution in [0, 0.1) is 17.2 Å². The highest BCUT2D eigenvalue weighted by molar-refractivity contribution is 5.85. The first-order chi connectivity index (χ1) is 13.7. The van der Waals surface area contributed by atoms with Gasteiger partial charge in [-0.15, -0.1) is 0 Å². The van der Waals surface area contributed by atoms with E-state index in [0.717, 1.165) is 42.7 Å². The average Bonchev–Trinajstić information content (AvgIpc) is 3.29. The van der Waals surface area contributed by atoms with Crippen LogP contribution >= 0.6 is 0 Å². The molecule has 1 atom stereocenters. The molecule has 0 aromatic heterocycles. The fourth-order valence-corrected chi connectivity index (χ4v) is 3.55. The van der Waals surface area contributed by atoms with Gasteiger partial charge < -0.3 is 14.9 Å². The summed E-state index contributed by atoms with van der Waals surface area (Å²) < 4.78 is 10.7. The number of hydrazine groups is 1. The van der Waals surface area contributed by atoms with Gasteiger partial charge in [-0.1, -0.05) is 43.2 Å². The Bertz CT molecular complexity index is 811. The first-order valence-electron chi connectivity index (χ1n) is 9.47. The number of nitrogens with one attached hydrogen (secondary N) is 2. The molecule has 1 fully saturated rings. The van der Waals surface area contributed by atoms with Crippen molar-refractivity contribution >= 4 is 11.7 Å². The van der Waals surface area contributed by atoms with Crippen LogP contribution in [-0.4, -0.2) is 18.6 Å². The minimum atomic E-state index is -1.40. The van der Waals surface area contributed by atoms with E-state index in [1.54, 1.807) is 0 Å². The van der Waals surface area contributed by atoms with Crippen molar-refractivity contribution in [3.63, 3.8) is 0 Å². The van der Waals surface area contributed by atoms with Crippen molar-refractivity contribution in [3.8, 4) is 11.8 Å². The summed E-state index contributed by atoms with van der Waals surface area (Å²) in [4.78, 5) is 12.4. The van der Waals surface area contributed by atoms with E-state index in [2.05, 4.69) is 16.9 Å². The molecule has 3 rings (SSSR count). The van der Waals surface area contributed by atoms with Crippen LogP contribution in [0.25, 0.3) is 0 Å². The molecule has 2 aromatic carbocycles. The van der Waals surface area contributed by atoms with Gasteiger partial charge in [0.05, 0.1) is 13.2 Å². The Labute approximate surface area is 165 Å². The summed E-state index contributed by atoms with van der Waals surface area (Å²) in [6.07, 6.45) is 3.67. The maximum Gasteiger partial charge on any atom is 0.342 e. The number of carbonyl (C=O) groups is 1. The molecule has 0 radical (unpaired) electrons. The lowest BCUT2D eigenvalue weighted by atomic mass is 9.84. The quantitative estimate of drug-likeness (QED) is 0.536. The summed E-state index contributed by atoms with van der Waals surface area (Å²) in [5.41, 5.74) is 6.38. The Morgan fingerprint density at radius 3 is 2.43 bits per heavy atom. The van der Waals surface area contributed by atoms with Crippen LogP contribution in [-0.2, 0) is 16.1 Å². The van der Waals surface area contributed by atoms with Gasteiger partial charge in [-0.3, -0.25) is 0 Å². The van der Waals surface area contributed by atoms with Crippen LogP contribution in [0.5, 0.6) is 5.75 Å². The van der Waals surface area contributed by atoms with Gasteiger partial charge >= 0.3 is 5.97 Å². The van der Waals surface area contributed by atoms with Gasteiger partial charge in [0.2, 0.25) is 5.54 Å². The van der Waals surface area contributed by atoms with Crippen molar-refractivity contribution in [1.29, 1.82) is 5.26 Å². The van der Waals surface area contributed by atoms with Crippen molar-refractivity contribution in [3.05, 3.63) is 60.2 Å². The molecule has 1 saturated carbocycles. The molecular formula is C22H25N3O3. The highest BCUT2D eigenvalue weighted by atomic mass is 16.5. The molecule has 0 aliphatic heterocycles. The Morgan fingerprint density at radius 1 is 1.14 bits per heavy atom. The fraction of sp³-hybridized carbons (Fsp3) is 0.364. The molecule has 0 saturated heterocycles. The molecule has 0 spiro atoms. The van der Waals surface area contributed by atoms with E-state index in [0.29, 0.717) is 6.61 Å². The molecule has 1 unspecified atom stereocenters. The van der Waals surface area contributed by atoms with Gasteiger partial charge in [0.1, 0.15) is 12.4 Å². The molecule has 0 heterocycles. The number of methoxy groups -OCH3 is 1. The molecule has 6 heteroatoms. The monoisotopic (exact) mass is 379 g/mol. The van der Waals surface area contributed by atoms with Crippen LogP contribution in [0.15, 0.2) is 54.6 Å². The van der Waals surface area contributed by atoms with Gasteiger partial charge in [0, 0.05) is 11.6 Å². The number of carbonyl (C=O) groups excluding carboxylic acids is 1. The molecule has 6 nitrogen and oxygen atoms in total. The van der Waals surface area contributed by atoms with Gasteiger partial charge in [-0.25, -0.2) is 10.2 Å². The fourth-order valence-electron chi connectivity index (χ4n) is 3.55. The van der Waals surface area contributed by atoms with E-state index in [1.807, 2.05) is 54.6 Å². The van der Waals surface area contributed by atoms with Crippen LogP contribution in [0.3, 0.4) is 0 Å². The maximum absolute atomic E-state index is 12.4. The molecule has 1 aliphatic carbocycles. The molecule has 28 heavy (non-hydrogen) atoms. The van der Waals surface area contributed by atoms with Crippen molar-refractivity contribution in [2.45, 2.75) is 37.8 Å². The van der Waals surface area contributed by atoms with Crippen molar-refractivity contribution < 1.29 is 14.3 Å². The van der Waals surface area contributed by atoms with E-state index >= 15 is 0 Å². The largest absolute Gasteiger partial charge is 0.489 e. The topological polar surface area (TPSA) is 83.4 Å². The normalized spacial score (nSPS) is 16.0. The highest BCUT2D eigenvalue weighted by Gasteiger charge is 2.48. The average molecular weight is 379 g/mol.